The van der Waals surface area contributed by atoms with Crippen LogP contribution >= 0.6 is 0 Å². The number of nitrogens with one attached hydrogen (secondary N) is 3. The molecule has 10 heteroatoms. The van der Waals surface area contributed by atoms with Crippen molar-refractivity contribution in [3.8, 4) is 0 Å². The summed E-state index contributed by atoms with van der Waals surface area (Å²) in [6.45, 7) is 9.25. The molecule has 1 aromatic heterocycles. The number of piperidine rings is 1. The number of carbonyl (C=O) groups excluding carboxylic acids is 4. The molecular weight excluding hydrogens is 503 g/mol. The predicted octanol–water partition coefficient (Wildman–Crippen LogP) is 2.39. The molecule has 0 radical (unpaired) electrons. The number of carbonyl (C=O) groups is 4. The second-order valence-electron chi connectivity index (χ2n) is 13.0. The number of benzene rings is 1. The van der Waals surface area contributed by atoms with Gasteiger partial charge in [-0.2, -0.15) is 0 Å². The topological polar surface area (TPSA) is 132 Å². The Hall–Kier alpha value is -3.27. The van der Waals surface area contributed by atoms with Gasteiger partial charge < -0.3 is 25.6 Å². The van der Waals surface area contributed by atoms with Gasteiger partial charge in [-0.05, 0) is 59.6 Å². The highest BCUT2D eigenvalue weighted by Gasteiger charge is 2.70. The summed E-state index contributed by atoms with van der Waals surface area (Å²) in [4.78, 5) is 57.7. The third-order valence-electron chi connectivity index (χ3n) is 8.89. The second-order valence-corrected chi connectivity index (χ2v) is 13.0. The van der Waals surface area contributed by atoms with E-state index in [4.69, 9.17) is 0 Å². The SMILES string of the molecule is CC(C)(C)[C@H](NC(=O)[C@@H]1[C@@H]2[C@H](CN1C(=O)[C@@H](NC(=O)c1cc3c(F)cccc3[nH]1)C1CC1)C2(C)C)C(=O)CO. The third kappa shape index (κ3) is 4.83. The van der Waals surface area contributed by atoms with Crippen LogP contribution in [0, 0.1) is 34.4 Å². The van der Waals surface area contributed by atoms with Crippen molar-refractivity contribution in [3.63, 3.8) is 0 Å². The number of hydrogen-bond acceptors (Lipinski definition) is 5. The molecule has 5 rings (SSSR count). The van der Waals surface area contributed by atoms with Crippen LogP contribution in [0.2, 0.25) is 0 Å². The van der Waals surface area contributed by atoms with Gasteiger partial charge in [-0.3, -0.25) is 19.2 Å². The van der Waals surface area contributed by atoms with Gasteiger partial charge in [-0.15, -0.1) is 0 Å². The van der Waals surface area contributed by atoms with Crippen molar-refractivity contribution in [3.05, 3.63) is 35.8 Å². The van der Waals surface area contributed by atoms with Gasteiger partial charge in [0.25, 0.3) is 5.91 Å². The lowest BCUT2D eigenvalue weighted by Gasteiger charge is -2.36. The van der Waals surface area contributed by atoms with Crippen molar-refractivity contribution >= 4 is 34.4 Å². The van der Waals surface area contributed by atoms with Gasteiger partial charge in [0.05, 0.1) is 6.04 Å². The van der Waals surface area contributed by atoms with Crippen LogP contribution in [-0.2, 0) is 14.4 Å². The van der Waals surface area contributed by atoms with Crippen LogP contribution in [0.4, 0.5) is 4.39 Å². The first kappa shape index (κ1) is 27.3. The lowest BCUT2D eigenvalue weighted by Crippen LogP contribution is -2.59. The molecule has 2 aliphatic carbocycles. The van der Waals surface area contributed by atoms with Gasteiger partial charge in [0.15, 0.2) is 5.78 Å². The minimum atomic E-state index is -0.908. The number of aromatic amines is 1. The molecule has 3 fully saturated rings. The van der Waals surface area contributed by atoms with E-state index in [0.717, 1.165) is 12.8 Å². The number of amides is 3. The summed E-state index contributed by atoms with van der Waals surface area (Å²) in [5.74, 6) is -2.18. The van der Waals surface area contributed by atoms with Gasteiger partial charge in [0.2, 0.25) is 11.8 Å². The van der Waals surface area contributed by atoms with E-state index in [9.17, 15) is 28.7 Å². The molecule has 3 aliphatic rings. The number of likely N-dealkylation sites (tertiary alicyclic amines) is 1. The van der Waals surface area contributed by atoms with E-state index in [1.54, 1.807) is 17.0 Å². The zero-order valence-electron chi connectivity index (χ0n) is 23.0. The molecule has 1 saturated heterocycles. The molecule has 2 aromatic rings. The highest BCUT2D eigenvalue weighted by atomic mass is 19.1. The standard InChI is InChI=1S/C29H37FN4O5/c1-28(2,3)24(20(36)13-35)33-26(38)23-21-16(29(21,4)5)12-34(23)27(39)22(14-9-10-14)32-25(37)19-11-15-17(30)7-6-8-18(15)31-19/h6-8,11,14,16,21-24,31,35H,9-10,12-13H2,1-5H3,(H,32,37)(H,33,38)/t16-,21-,22-,23-,24+/m0/s1. The number of H-pyrrole nitrogens is 1. The Morgan fingerprint density at radius 3 is 2.46 bits per heavy atom. The summed E-state index contributed by atoms with van der Waals surface area (Å²) in [5, 5.41) is 15.5. The Morgan fingerprint density at radius 1 is 1.18 bits per heavy atom. The van der Waals surface area contributed by atoms with E-state index in [-0.39, 0.29) is 34.8 Å². The van der Waals surface area contributed by atoms with Crippen LogP contribution in [0.25, 0.3) is 10.9 Å². The minimum Gasteiger partial charge on any atom is -0.389 e. The number of halogens is 1. The molecule has 1 aromatic carbocycles. The van der Waals surface area contributed by atoms with Crippen LogP contribution in [0.15, 0.2) is 24.3 Å². The van der Waals surface area contributed by atoms with Crippen LogP contribution in [0.5, 0.6) is 0 Å². The van der Waals surface area contributed by atoms with E-state index >= 15 is 0 Å². The summed E-state index contributed by atoms with van der Waals surface area (Å²) in [6, 6.07) is 3.47. The number of aliphatic hydroxyl groups is 1. The fourth-order valence-electron chi connectivity index (χ4n) is 6.36. The lowest BCUT2D eigenvalue weighted by atomic mass is 9.84. The largest absolute Gasteiger partial charge is 0.389 e. The van der Waals surface area contributed by atoms with Gasteiger partial charge in [0, 0.05) is 17.4 Å². The van der Waals surface area contributed by atoms with Crippen LogP contribution in [0.1, 0.15) is 57.9 Å². The fraction of sp³-hybridized carbons (Fsp3) is 0.586. The van der Waals surface area contributed by atoms with E-state index in [1.807, 2.05) is 20.8 Å². The maximum absolute atomic E-state index is 14.2. The van der Waals surface area contributed by atoms with Crippen molar-refractivity contribution < 1.29 is 28.7 Å². The van der Waals surface area contributed by atoms with Crippen molar-refractivity contribution in [2.45, 2.75) is 65.6 Å². The maximum atomic E-state index is 14.2. The summed E-state index contributed by atoms with van der Waals surface area (Å²) in [5.41, 5.74) is -0.128. The Bertz CT molecular complexity index is 1340. The number of ketones is 1. The molecule has 210 valence electrons. The Labute approximate surface area is 226 Å². The Balaban J connectivity index is 1.37. The Kier molecular flexibility index (Phi) is 6.60. The molecule has 5 atom stereocenters. The predicted molar refractivity (Wildman–Crippen MR) is 142 cm³/mol. The van der Waals surface area contributed by atoms with Crippen LogP contribution in [0.3, 0.4) is 0 Å². The molecule has 2 heterocycles. The summed E-state index contributed by atoms with van der Waals surface area (Å²) >= 11 is 0. The normalized spacial score (nSPS) is 25.1. The van der Waals surface area contributed by atoms with Gasteiger partial charge in [0.1, 0.15) is 30.2 Å². The van der Waals surface area contributed by atoms with Crippen molar-refractivity contribution in [1.29, 1.82) is 0 Å². The fourth-order valence-corrected chi connectivity index (χ4v) is 6.36. The molecule has 0 spiro atoms. The van der Waals surface area contributed by atoms with E-state index in [1.165, 1.54) is 12.1 Å². The van der Waals surface area contributed by atoms with Crippen molar-refractivity contribution in [2.24, 2.45) is 28.6 Å². The van der Waals surface area contributed by atoms with E-state index in [2.05, 4.69) is 29.5 Å². The molecular formula is C29H37FN4O5. The quantitative estimate of drug-likeness (QED) is 0.408. The molecule has 0 unspecified atom stereocenters. The summed E-state index contributed by atoms with van der Waals surface area (Å²) in [7, 11) is 0. The number of aliphatic hydroxyl groups excluding tert-OH is 1. The number of nitrogens with zero attached hydrogens (tertiary/aromatic N) is 1. The highest BCUT2D eigenvalue weighted by molar-refractivity contribution is 6.01. The van der Waals surface area contributed by atoms with E-state index in [0.29, 0.717) is 17.4 Å². The molecule has 9 nitrogen and oxygen atoms in total. The number of Topliss-reactive ketones (excluding diaryl/α,β-unsaturated/α-hetero) is 1. The second kappa shape index (κ2) is 9.43. The maximum Gasteiger partial charge on any atom is 0.268 e. The molecule has 0 bridgehead atoms. The first-order chi connectivity index (χ1) is 18.3. The van der Waals surface area contributed by atoms with Gasteiger partial charge >= 0.3 is 0 Å². The zero-order chi connectivity index (χ0) is 28.4. The summed E-state index contributed by atoms with van der Waals surface area (Å²) < 4.78 is 14.2. The molecule has 1 aliphatic heterocycles. The monoisotopic (exact) mass is 540 g/mol. The zero-order valence-corrected chi connectivity index (χ0v) is 23.0. The van der Waals surface area contributed by atoms with Crippen LogP contribution < -0.4 is 10.6 Å². The summed E-state index contributed by atoms with van der Waals surface area (Å²) in [6.07, 6.45) is 1.55. The Morgan fingerprint density at radius 2 is 1.87 bits per heavy atom. The smallest absolute Gasteiger partial charge is 0.268 e. The number of fused-ring (bicyclic) bond motifs is 2. The molecule has 39 heavy (non-hydrogen) atoms. The average molecular weight is 541 g/mol. The molecule has 2 saturated carbocycles. The van der Waals surface area contributed by atoms with Gasteiger partial charge in [-0.25, -0.2) is 4.39 Å². The first-order valence-electron chi connectivity index (χ1n) is 13.6. The molecule has 4 N–H and O–H groups in total. The van der Waals surface area contributed by atoms with Crippen LogP contribution in [-0.4, -0.2) is 69.8 Å². The van der Waals surface area contributed by atoms with Gasteiger partial charge in [-0.1, -0.05) is 40.7 Å². The number of hydrogen-bond donors (Lipinski definition) is 4. The minimum absolute atomic E-state index is 0.0468. The average Bonchev–Trinajstić information content (AvgIpc) is 3.64. The lowest BCUT2D eigenvalue weighted by molar-refractivity contribution is -0.143. The number of aromatic nitrogens is 1. The molecule has 3 amide bonds. The van der Waals surface area contributed by atoms with E-state index < -0.39 is 53.6 Å². The van der Waals surface area contributed by atoms with Crippen molar-refractivity contribution in [2.75, 3.05) is 13.2 Å². The highest BCUT2D eigenvalue weighted by Crippen LogP contribution is 2.65. The number of rotatable bonds is 8. The van der Waals surface area contributed by atoms with Crippen molar-refractivity contribution in [1.82, 2.24) is 20.5 Å². The first-order valence-corrected chi connectivity index (χ1v) is 13.6. The third-order valence-corrected chi connectivity index (χ3v) is 8.89.